The highest BCUT2D eigenvalue weighted by atomic mass is 16.5. The summed E-state index contributed by atoms with van der Waals surface area (Å²) in [6.45, 7) is 2.94. The van der Waals surface area contributed by atoms with Gasteiger partial charge in [-0.05, 0) is 19.4 Å². The van der Waals surface area contributed by atoms with Crippen LogP contribution in [0.1, 0.15) is 25.3 Å². The lowest BCUT2D eigenvalue weighted by molar-refractivity contribution is 0.247. The highest BCUT2D eigenvalue weighted by Gasteiger charge is 2.09. The topological polar surface area (TPSA) is 38.7 Å². The lowest BCUT2D eigenvalue weighted by Crippen LogP contribution is -2.03. The molecule has 0 unspecified atom stereocenters. The van der Waals surface area contributed by atoms with Gasteiger partial charge >= 0.3 is 0 Å². The van der Waals surface area contributed by atoms with Gasteiger partial charge in [0.15, 0.2) is 11.5 Å². The zero-order chi connectivity index (χ0) is 12.5. The smallest absolute Gasteiger partial charge is 0.166 e. The summed E-state index contributed by atoms with van der Waals surface area (Å²) in [5, 5.41) is 9.25. The van der Waals surface area contributed by atoms with Crippen LogP contribution < -0.4 is 9.47 Å². The van der Waals surface area contributed by atoms with E-state index in [0.717, 1.165) is 12.0 Å². The molecule has 3 nitrogen and oxygen atoms in total. The van der Waals surface area contributed by atoms with Gasteiger partial charge in [-0.2, -0.15) is 0 Å². The Hall–Kier alpha value is -1.66. The fraction of sp³-hybridized carbons (Fsp3) is 0.429. The van der Waals surface area contributed by atoms with Crippen molar-refractivity contribution in [2.45, 2.75) is 26.4 Å². The highest BCUT2D eigenvalue weighted by Crippen LogP contribution is 2.31. The van der Waals surface area contributed by atoms with E-state index in [9.17, 15) is 5.11 Å². The van der Waals surface area contributed by atoms with E-state index in [0.29, 0.717) is 31.1 Å². The number of hydrogen-bond donors (Lipinski definition) is 1. The Kier molecular flexibility index (Phi) is 5.98. The van der Waals surface area contributed by atoms with Gasteiger partial charge in [0.1, 0.15) is 0 Å². The molecule has 92 valence electrons. The van der Waals surface area contributed by atoms with Gasteiger partial charge in [-0.1, -0.05) is 12.1 Å². The van der Waals surface area contributed by atoms with E-state index >= 15 is 0 Å². The zero-order valence-corrected chi connectivity index (χ0v) is 10.1. The van der Waals surface area contributed by atoms with E-state index in [-0.39, 0.29) is 6.61 Å². The molecule has 17 heavy (non-hydrogen) atoms. The molecule has 0 aliphatic carbocycles. The Morgan fingerprint density at radius 2 is 2.18 bits per heavy atom. The predicted octanol–water partition coefficient (Wildman–Crippen LogP) is 2.37. The van der Waals surface area contributed by atoms with Gasteiger partial charge in [-0.3, -0.25) is 0 Å². The molecule has 0 saturated carbocycles. The molecule has 0 amide bonds. The average molecular weight is 234 g/mol. The van der Waals surface area contributed by atoms with E-state index in [4.69, 9.17) is 15.9 Å². The molecule has 0 fully saturated rings. The third kappa shape index (κ3) is 4.01. The molecule has 0 aliphatic heterocycles. The minimum absolute atomic E-state index is 0.0641. The monoisotopic (exact) mass is 234 g/mol. The van der Waals surface area contributed by atoms with Gasteiger partial charge in [-0.25, -0.2) is 0 Å². The van der Waals surface area contributed by atoms with Crippen LogP contribution in [0.5, 0.6) is 11.5 Å². The van der Waals surface area contributed by atoms with Crippen LogP contribution in [-0.4, -0.2) is 18.3 Å². The molecule has 1 aromatic carbocycles. The number of unbranched alkanes of at least 4 members (excludes halogenated alkanes) is 1. The van der Waals surface area contributed by atoms with E-state index < -0.39 is 0 Å². The van der Waals surface area contributed by atoms with Crippen LogP contribution in [0, 0.1) is 12.3 Å². The first-order valence-electron chi connectivity index (χ1n) is 5.75. The summed E-state index contributed by atoms with van der Waals surface area (Å²) in [7, 11) is 0. The van der Waals surface area contributed by atoms with Gasteiger partial charge in [0, 0.05) is 12.0 Å². The third-order valence-electron chi connectivity index (χ3n) is 2.24. The Bertz CT molecular complexity index is 380. The number of hydrogen-bond acceptors (Lipinski definition) is 3. The first-order chi connectivity index (χ1) is 8.33. The molecule has 0 heterocycles. The van der Waals surface area contributed by atoms with Crippen molar-refractivity contribution in [3.8, 4) is 23.8 Å². The normalized spacial score (nSPS) is 9.71. The van der Waals surface area contributed by atoms with Crippen molar-refractivity contribution in [2.24, 2.45) is 0 Å². The van der Waals surface area contributed by atoms with Crippen molar-refractivity contribution in [3.05, 3.63) is 23.8 Å². The quantitative estimate of drug-likeness (QED) is 0.581. The summed E-state index contributed by atoms with van der Waals surface area (Å²) in [5.41, 5.74) is 0.733. The van der Waals surface area contributed by atoms with Gasteiger partial charge in [0.05, 0.1) is 19.8 Å². The van der Waals surface area contributed by atoms with Crippen LogP contribution in [0.4, 0.5) is 0 Å². The maximum atomic E-state index is 9.25. The number of terminal acetylenes is 1. The van der Waals surface area contributed by atoms with E-state index in [1.54, 1.807) is 0 Å². The van der Waals surface area contributed by atoms with Gasteiger partial charge in [0.25, 0.3) is 0 Å². The molecule has 0 saturated heterocycles. The van der Waals surface area contributed by atoms with E-state index in [1.807, 2.05) is 25.1 Å². The minimum Gasteiger partial charge on any atom is -0.490 e. The fourth-order valence-electron chi connectivity index (χ4n) is 1.47. The third-order valence-corrected chi connectivity index (χ3v) is 2.24. The second-order valence-electron chi connectivity index (χ2n) is 3.49. The maximum Gasteiger partial charge on any atom is 0.166 e. The lowest BCUT2D eigenvalue weighted by atomic mass is 10.2. The number of benzene rings is 1. The lowest BCUT2D eigenvalue weighted by Gasteiger charge is -2.14. The second kappa shape index (κ2) is 7.59. The van der Waals surface area contributed by atoms with Crippen LogP contribution >= 0.6 is 0 Å². The molecule has 0 atom stereocenters. The SMILES string of the molecule is C#CCCCOc1c(CO)cccc1OCC. The van der Waals surface area contributed by atoms with Gasteiger partial charge in [0.2, 0.25) is 0 Å². The van der Waals surface area contributed by atoms with Crippen molar-refractivity contribution in [1.82, 2.24) is 0 Å². The maximum absolute atomic E-state index is 9.25. The van der Waals surface area contributed by atoms with Crippen LogP contribution in [0.2, 0.25) is 0 Å². The van der Waals surface area contributed by atoms with E-state index in [2.05, 4.69) is 5.92 Å². The summed E-state index contributed by atoms with van der Waals surface area (Å²) < 4.78 is 11.1. The Balaban J connectivity index is 2.74. The highest BCUT2D eigenvalue weighted by molar-refractivity contribution is 5.46. The number of aliphatic hydroxyl groups is 1. The number of para-hydroxylation sites is 1. The molecular formula is C14H18O3. The van der Waals surface area contributed by atoms with Crippen molar-refractivity contribution in [1.29, 1.82) is 0 Å². The molecule has 0 spiro atoms. The van der Waals surface area contributed by atoms with Crippen LogP contribution in [0.3, 0.4) is 0 Å². The molecule has 0 radical (unpaired) electrons. The summed E-state index contributed by atoms with van der Waals surface area (Å²) in [5.74, 6) is 3.85. The number of rotatable bonds is 7. The van der Waals surface area contributed by atoms with Crippen LogP contribution in [0.25, 0.3) is 0 Å². The fourth-order valence-corrected chi connectivity index (χ4v) is 1.47. The first kappa shape index (κ1) is 13.4. The predicted molar refractivity (Wildman–Crippen MR) is 67.1 cm³/mol. The molecule has 0 bridgehead atoms. The number of aliphatic hydroxyl groups excluding tert-OH is 1. The Morgan fingerprint density at radius 3 is 2.82 bits per heavy atom. The largest absolute Gasteiger partial charge is 0.490 e. The summed E-state index contributed by atoms with van der Waals surface area (Å²) in [4.78, 5) is 0. The molecule has 1 N–H and O–H groups in total. The van der Waals surface area contributed by atoms with Crippen LogP contribution in [-0.2, 0) is 6.61 Å². The Labute approximate surface area is 102 Å². The average Bonchev–Trinajstić information content (AvgIpc) is 2.36. The Morgan fingerprint density at radius 1 is 1.35 bits per heavy atom. The summed E-state index contributed by atoms with van der Waals surface area (Å²) >= 11 is 0. The second-order valence-corrected chi connectivity index (χ2v) is 3.49. The molecule has 1 rings (SSSR count). The first-order valence-corrected chi connectivity index (χ1v) is 5.75. The molecule has 3 heteroatoms. The minimum atomic E-state index is -0.0641. The molecule has 1 aromatic rings. The van der Waals surface area contributed by atoms with Crippen molar-refractivity contribution < 1.29 is 14.6 Å². The molecule has 0 aliphatic rings. The number of ether oxygens (including phenoxy) is 2. The van der Waals surface area contributed by atoms with E-state index in [1.165, 1.54) is 0 Å². The van der Waals surface area contributed by atoms with Crippen molar-refractivity contribution in [2.75, 3.05) is 13.2 Å². The van der Waals surface area contributed by atoms with Crippen molar-refractivity contribution in [3.63, 3.8) is 0 Å². The van der Waals surface area contributed by atoms with Gasteiger partial charge in [-0.15, -0.1) is 12.3 Å². The van der Waals surface area contributed by atoms with Gasteiger partial charge < -0.3 is 14.6 Å². The molecular weight excluding hydrogens is 216 g/mol. The standard InChI is InChI=1S/C14H18O3/c1-3-5-6-10-17-14-12(11-15)8-7-9-13(14)16-4-2/h1,7-9,15H,4-6,10-11H2,2H3. The summed E-state index contributed by atoms with van der Waals surface area (Å²) in [6.07, 6.45) is 6.65. The van der Waals surface area contributed by atoms with Crippen molar-refractivity contribution >= 4 is 0 Å². The molecule has 0 aromatic heterocycles. The summed E-state index contributed by atoms with van der Waals surface area (Å²) in [6, 6.07) is 5.49. The zero-order valence-electron chi connectivity index (χ0n) is 10.1. The van der Waals surface area contributed by atoms with Crippen LogP contribution in [0.15, 0.2) is 18.2 Å².